The minimum Gasteiger partial charge on any atom is -0.493 e. The van der Waals surface area contributed by atoms with Crippen molar-refractivity contribution in [1.82, 2.24) is 0 Å². The summed E-state index contributed by atoms with van der Waals surface area (Å²) in [4.78, 5) is 0. The van der Waals surface area contributed by atoms with Gasteiger partial charge in [0.05, 0.1) is 37.0 Å². The summed E-state index contributed by atoms with van der Waals surface area (Å²) in [6.07, 6.45) is 1.78. The van der Waals surface area contributed by atoms with E-state index in [4.69, 9.17) is 14.7 Å². The summed E-state index contributed by atoms with van der Waals surface area (Å²) in [6.45, 7) is 2.46. The lowest BCUT2D eigenvalue weighted by atomic mass is 10.0. The third-order valence-electron chi connectivity index (χ3n) is 3.24. The predicted molar refractivity (Wildman–Crippen MR) is 88.8 cm³/mol. The SMILES string of the molecule is CCOc1ccc(/C=C(/C#N)c2ccc(C#N)cc2)cc1OC. The Labute approximate surface area is 135 Å². The zero-order valence-electron chi connectivity index (χ0n) is 13.0. The summed E-state index contributed by atoms with van der Waals surface area (Å²) in [5, 5.41) is 18.2. The van der Waals surface area contributed by atoms with E-state index in [1.807, 2.05) is 25.1 Å². The van der Waals surface area contributed by atoms with Gasteiger partial charge < -0.3 is 9.47 Å². The van der Waals surface area contributed by atoms with E-state index in [9.17, 15) is 5.26 Å². The van der Waals surface area contributed by atoms with Gasteiger partial charge >= 0.3 is 0 Å². The van der Waals surface area contributed by atoms with E-state index in [-0.39, 0.29) is 0 Å². The molecule has 0 atom stereocenters. The van der Waals surface area contributed by atoms with Gasteiger partial charge in [0.1, 0.15) is 0 Å². The van der Waals surface area contributed by atoms with Crippen LogP contribution in [0.1, 0.15) is 23.6 Å². The van der Waals surface area contributed by atoms with E-state index >= 15 is 0 Å². The summed E-state index contributed by atoms with van der Waals surface area (Å²) >= 11 is 0. The van der Waals surface area contributed by atoms with Crippen molar-refractivity contribution in [3.05, 3.63) is 59.2 Å². The molecule has 4 heteroatoms. The number of ether oxygens (including phenoxy) is 2. The summed E-state index contributed by atoms with van der Waals surface area (Å²) in [5.74, 6) is 1.29. The minimum absolute atomic E-state index is 0.515. The van der Waals surface area contributed by atoms with Crippen LogP contribution in [0.4, 0.5) is 0 Å². The average molecular weight is 304 g/mol. The lowest BCUT2D eigenvalue weighted by molar-refractivity contribution is 0.311. The Hall–Kier alpha value is -3.24. The van der Waals surface area contributed by atoms with Gasteiger partial charge in [-0.05, 0) is 48.4 Å². The molecule has 0 saturated heterocycles. The molecule has 0 aliphatic rings. The topological polar surface area (TPSA) is 66.0 Å². The molecule has 0 aliphatic carbocycles. The number of hydrogen-bond donors (Lipinski definition) is 0. The quantitative estimate of drug-likeness (QED) is 0.618. The monoisotopic (exact) mass is 304 g/mol. The zero-order chi connectivity index (χ0) is 16.7. The number of rotatable bonds is 5. The first-order chi connectivity index (χ1) is 11.2. The molecule has 0 fully saturated rings. The van der Waals surface area contributed by atoms with Gasteiger partial charge in [-0.3, -0.25) is 0 Å². The molecule has 0 radical (unpaired) electrons. The molecular weight excluding hydrogens is 288 g/mol. The van der Waals surface area contributed by atoms with Gasteiger partial charge in [-0.25, -0.2) is 0 Å². The highest BCUT2D eigenvalue weighted by Gasteiger charge is 2.06. The number of nitriles is 2. The Kier molecular flexibility index (Phi) is 5.39. The lowest BCUT2D eigenvalue weighted by Crippen LogP contribution is -1.95. The molecule has 114 valence electrons. The Morgan fingerprint density at radius 1 is 1.09 bits per heavy atom. The summed E-state index contributed by atoms with van der Waals surface area (Å²) < 4.78 is 10.8. The summed E-state index contributed by atoms with van der Waals surface area (Å²) in [5.41, 5.74) is 2.68. The van der Waals surface area contributed by atoms with Crippen LogP contribution in [0.5, 0.6) is 11.5 Å². The molecular formula is C19H16N2O2. The van der Waals surface area contributed by atoms with Crippen molar-refractivity contribution in [1.29, 1.82) is 10.5 Å². The fourth-order valence-electron chi connectivity index (χ4n) is 2.12. The van der Waals surface area contributed by atoms with Crippen LogP contribution in [0.3, 0.4) is 0 Å². The van der Waals surface area contributed by atoms with Crippen molar-refractivity contribution in [3.8, 4) is 23.6 Å². The smallest absolute Gasteiger partial charge is 0.161 e. The van der Waals surface area contributed by atoms with E-state index in [0.29, 0.717) is 29.2 Å². The summed E-state index contributed by atoms with van der Waals surface area (Å²) in [6, 6.07) is 16.7. The van der Waals surface area contributed by atoms with Crippen LogP contribution in [0.25, 0.3) is 11.6 Å². The van der Waals surface area contributed by atoms with Gasteiger partial charge in [-0.2, -0.15) is 10.5 Å². The number of benzene rings is 2. The Morgan fingerprint density at radius 2 is 1.83 bits per heavy atom. The molecule has 0 aromatic heterocycles. The maximum Gasteiger partial charge on any atom is 0.161 e. The third kappa shape index (κ3) is 3.90. The van der Waals surface area contributed by atoms with Crippen molar-refractivity contribution in [3.63, 3.8) is 0 Å². The highest BCUT2D eigenvalue weighted by atomic mass is 16.5. The summed E-state index contributed by atoms with van der Waals surface area (Å²) in [7, 11) is 1.58. The molecule has 0 aliphatic heterocycles. The molecule has 0 amide bonds. The van der Waals surface area contributed by atoms with E-state index in [2.05, 4.69) is 12.1 Å². The largest absolute Gasteiger partial charge is 0.493 e. The van der Waals surface area contributed by atoms with Crippen molar-refractivity contribution >= 4 is 11.6 Å². The van der Waals surface area contributed by atoms with Gasteiger partial charge in [-0.1, -0.05) is 18.2 Å². The van der Waals surface area contributed by atoms with Gasteiger partial charge in [0.25, 0.3) is 0 Å². The molecule has 2 rings (SSSR count). The maximum absolute atomic E-state index is 9.39. The van der Waals surface area contributed by atoms with E-state index in [1.165, 1.54) is 0 Å². The molecule has 0 unspecified atom stereocenters. The highest BCUT2D eigenvalue weighted by Crippen LogP contribution is 2.29. The van der Waals surface area contributed by atoms with Crippen LogP contribution in [-0.2, 0) is 0 Å². The minimum atomic E-state index is 0.515. The lowest BCUT2D eigenvalue weighted by Gasteiger charge is -2.10. The number of methoxy groups -OCH3 is 1. The second kappa shape index (κ2) is 7.68. The highest BCUT2D eigenvalue weighted by molar-refractivity contribution is 5.89. The number of hydrogen-bond acceptors (Lipinski definition) is 4. The molecule has 0 N–H and O–H groups in total. The first-order valence-corrected chi connectivity index (χ1v) is 7.15. The molecule has 0 heterocycles. The van der Waals surface area contributed by atoms with Crippen LogP contribution in [0.2, 0.25) is 0 Å². The second-order valence-electron chi connectivity index (χ2n) is 4.70. The van der Waals surface area contributed by atoms with Gasteiger partial charge in [-0.15, -0.1) is 0 Å². The fraction of sp³-hybridized carbons (Fsp3) is 0.158. The normalized spacial score (nSPS) is 10.5. The molecule has 0 spiro atoms. The van der Waals surface area contributed by atoms with E-state index < -0.39 is 0 Å². The van der Waals surface area contributed by atoms with Gasteiger partial charge in [0.2, 0.25) is 0 Å². The zero-order valence-corrected chi connectivity index (χ0v) is 13.0. The van der Waals surface area contributed by atoms with Crippen LogP contribution >= 0.6 is 0 Å². The molecule has 2 aromatic rings. The number of allylic oxidation sites excluding steroid dienone is 1. The third-order valence-corrected chi connectivity index (χ3v) is 3.24. The average Bonchev–Trinajstić information content (AvgIpc) is 2.61. The molecule has 4 nitrogen and oxygen atoms in total. The number of nitrogens with zero attached hydrogens (tertiary/aromatic N) is 2. The molecule has 0 saturated carbocycles. The van der Waals surface area contributed by atoms with E-state index in [1.54, 1.807) is 37.5 Å². The fourth-order valence-corrected chi connectivity index (χ4v) is 2.12. The second-order valence-corrected chi connectivity index (χ2v) is 4.70. The van der Waals surface area contributed by atoms with Crippen molar-refractivity contribution in [2.45, 2.75) is 6.92 Å². The molecule has 0 bridgehead atoms. The molecule has 2 aromatic carbocycles. The van der Waals surface area contributed by atoms with Crippen molar-refractivity contribution < 1.29 is 9.47 Å². The van der Waals surface area contributed by atoms with Crippen LogP contribution in [0, 0.1) is 22.7 Å². The predicted octanol–water partition coefficient (Wildman–Crippen LogP) is 4.03. The first-order valence-electron chi connectivity index (χ1n) is 7.15. The Bertz CT molecular complexity index is 794. The van der Waals surface area contributed by atoms with Gasteiger partial charge in [0.15, 0.2) is 11.5 Å². The standard InChI is InChI=1S/C19H16N2O2/c1-3-23-18-9-6-15(11-19(18)22-2)10-17(13-21)16-7-4-14(12-20)5-8-16/h4-11H,3H2,1-2H3/b17-10-. The first kappa shape index (κ1) is 16.1. The Morgan fingerprint density at radius 3 is 2.39 bits per heavy atom. The van der Waals surface area contributed by atoms with Gasteiger partial charge in [0, 0.05) is 0 Å². The van der Waals surface area contributed by atoms with Crippen molar-refractivity contribution in [2.75, 3.05) is 13.7 Å². The Balaban J connectivity index is 2.37. The maximum atomic E-state index is 9.39. The van der Waals surface area contributed by atoms with Crippen LogP contribution < -0.4 is 9.47 Å². The molecule has 23 heavy (non-hydrogen) atoms. The van der Waals surface area contributed by atoms with Crippen LogP contribution in [0.15, 0.2) is 42.5 Å². The van der Waals surface area contributed by atoms with Crippen molar-refractivity contribution in [2.24, 2.45) is 0 Å². The van der Waals surface area contributed by atoms with E-state index in [0.717, 1.165) is 11.1 Å². The van der Waals surface area contributed by atoms with Crippen LogP contribution in [-0.4, -0.2) is 13.7 Å².